The number of thiophene rings is 1. The van der Waals surface area contributed by atoms with Crippen molar-refractivity contribution in [1.82, 2.24) is 25.5 Å². The molecule has 2 N–H and O–H groups in total. The maximum absolute atomic E-state index is 13.4. The minimum atomic E-state index is -1.24. The highest BCUT2D eigenvalue weighted by Crippen LogP contribution is 2.32. The van der Waals surface area contributed by atoms with E-state index in [1.54, 1.807) is 35.1 Å². The molecule has 1 fully saturated rings. The van der Waals surface area contributed by atoms with Gasteiger partial charge in [0.1, 0.15) is 11.2 Å². The maximum Gasteiger partial charge on any atom is 0.344 e. The van der Waals surface area contributed by atoms with Crippen molar-refractivity contribution in [2.75, 3.05) is 0 Å². The first kappa shape index (κ1) is 21.6. The Balaban J connectivity index is 1.48. The zero-order valence-electron chi connectivity index (χ0n) is 18.3. The van der Waals surface area contributed by atoms with Crippen molar-refractivity contribution >= 4 is 29.2 Å². The van der Waals surface area contributed by atoms with Crippen LogP contribution in [0, 0.1) is 0 Å². The molecule has 4 amide bonds. The van der Waals surface area contributed by atoms with Crippen LogP contribution in [0.2, 0.25) is 0 Å². The SMILES string of the molecule is CC[C@@]1(c2ccccc2)NC(=O)N(NC(=O)c2cn(-c3ccccc3)nc2-c2cccs2)C1=O. The second-order valence-corrected chi connectivity index (χ2v) is 8.73. The average Bonchev–Trinajstić information content (AvgIpc) is 3.61. The molecule has 0 saturated carbocycles. The second-order valence-electron chi connectivity index (χ2n) is 7.79. The summed E-state index contributed by atoms with van der Waals surface area (Å²) in [6.07, 6.45) is 1.93. The number of carbonyl (C=O) groups is 3. The number of benzene rings is 2. The highest BCUT2D eigenvalue weighted by Gasteiger charge is 2.52. The second kappa shape index (κ2) is 8.60. The van der Waals surface area contributed by atoms with Gasteiger partial charge in [0.2, 0.25) is 0 Å². The fraction of sp³-hybridized carbons (Fsp3) is 0.120. The van der Waals surface area contributed by atoms with Crippen LogP contribution in [-0.2, 0) is 10.3 Å². The minimum Gasteiger partial charge on any atom is -0.318 e. The lowest BCUT2D eigenvalue weighted by Crippen LogP contribution is -2.48. The number of rotatable bonds is 6. The number of hydrogen-bond acceptors (Lipinski definition) is 5. The Bertz CT molecular complexity index is 1350. The fourth-order valence-electron chi connectivity index (χ4n) is 4.05. The number of aromatic nitrogens is 2. The zero-order chi connectivity index (χ0) is 23.7. The van der Waals surface area contributed by atoms with Gasteiger partial charge in [-0.1, -0.05) is 61.5 Å². The summed E-state index contributed by atoms with van der Waals surface area (Å²) in [7, 11) is 0. The summed E-state index contributed by atoms with van der Waals surface area (Å²) in [5, 5.41) is 10.0. The van der Waals surface area contributed by atoms with Crippen LogP contribution in [0.15, 0.2) is 84.4 Å². The highest BCUT2D eigenvalue weighted by atomic mass is 32.1. The lowest BCUT2D eigenvalue weighted by Gasteiger charge is -2.25. The molecule has 1 aliphatic rings. The Morgan fingerprint density at radius 1 is 1.03 bits per heavy atom. The summed E-state index contributed by atoms with van der Waals surface area (Å²) in [6.45, 7) is 1.81. The summed E-state index contributed by atoms with van der Waals surface area (Å²) >= 11 is 1.44. The normalized spacial score (nSPS) is 17.6. The van der Waals surface area contributed by atoms with E-state index in [2.05, 4.69) is 15.8 Å². The van der Waals surface area contributed by atoms with Crippen molar-refractivity contribution < 1.29 is 14.4 Å². The number of nitrogens with zero attached hydrogens (tertiary/aromatic N) is 3. The molecule has 4 aromatic rings. The predicted molar refractivity (Wildman–Crippen MR) is 128 cm³/mol. The third-order valence-electron chi connectivity index (χ3n) is 5.84. The van der Waals surface area contributed by atoms with E-state index in [0.29, 0.717) is 17.7 Å². The Morgan fingerprint density at radius 2 is 1.74 bits per heavy atom. The molecule has 0 radical (unpaired) electrons. The third-order valence-corrected chi connectivity index (χ3v) is 6.71. The van der Waals surface area contributed by atoms with Crippen LogP contribution < -0.4 is 10.7 Å². The maximum atomic E-state index is 13.4. The molecule has 9 heteroatoms. The molecule has 34 heavy (non-hydrogen) atoms. The standard InChI is InChI=1S/C25H21N5O3S/c1-2-25(17-10-5-3-6-11-17)23(32)30(24(33)26-25)28-22(31)19-16-29(18-12-7-4-8-13-18)27-21(19)20-14-9-15-34-20/h3-16H,2H2,1H3,(H,26,33)(H,28,31)/t25-/m0/s1. The van der Waals surface area contributed by atoms with E-state index in [1.807, 2.05) is 60.8 Å². The molecule has 0 unspecified atom stereocenters. The molecule has 170 valence electrons. The lowest BCUT2D eigenvalue weighted by atomic mass is 9.87. The number of imide groups is 1. The van der Waals surface area contributed by atoms with Gasteiger partial charge in [0.15, 0.2) is 0 Å². The van der Waals surface area contributed by atoms with Gasteiger partial charge in [0.25, 0.3) is 11.8 Å². The van der Waals surface area contributed by atoms with Gasteiger partial charge in [0, 0.05) is 6.20 Å². The number of urea groups is 1. The van der Waals surface area contributed by atoms with E-state index in [0.717, 1.165) is 15.6 Å². The monoisotopic (exact) mass is 471 g/mol. The molecule has 3 heterocycles. The van der Waals surface area contributed by atoms with E-state index >= 15 is 0 Å². The summed E-state index contributed by atoms with van der Waals surface area (Å²) in [6, 6.07) is 21.5. The van der Waals surface area contributed by atoms with Crippen molar-refractivity contribution in [1.29, 1.82) is 0 Å². The van der Waals surface area contributed by atoms with Gasteiger partial charge in [-0.2, -0.15) is 10.1 Å². The van der Waals surface area contributed by atoms with E-state index in [4.69, 9.17) is 0 Å². The molecule has 0 aliphatic carbocycles. The molecule has 1 aliphatic heterocycles. The third kappa shape index (κ3) is 3.56. The van der Waals surface area contributed by atoms with Crippen molar-refractivity contribution in [2.45, 2.75) is 18.9 Å². The average molecular weight is 472 g/mol. The first-order valence-corrected chi connectivity index (χ1v) is 11.6. The first-order chi connectivity index (χ1) is 16.5. The number of hydrogen-bond donors (Lipinski definition) is 2. The van der Waals surface area contributed by atoms with Crippen molar-refractivity contribution in [2.24, 2.45) is 0 Å². The summed E-state index contributed by atoms with van der Waals surface area (Å²) < 4.78 is 1.61. The molecule has 2 aromatic carbocycles. The molecular formula is C25H21N5O3S. The summed E-state index contributed by atoms with van der Waals surface area (Å²) in [5.74, 6) is -1.14. The van der Waals surface area contributed by atoms with Crippen LogP contribution in [-0.4, -0.2) is 32.6 Å². The topological polar surface area (TPSA) is 96.3 Å². The fourth-order valence-corrected chi connectivity index (χ4v) is 4.77. The Kier molecular flexibility index (Phi) is 5.46. The van der Waals surface area contributed by atoms with Gasteiger partial charge < -0.3 is 5.32 Å². The Morgan fingerprint density at radius 3 is 2.38 bits per heavy atom. The van der Waals surface area contributed by atoms with Gasteiger partial charge in [-0.05, 0) is 35.6 Å². The van der Waals surface area contributed by atoms with E-state index in [-0.39, 0.29) is 5.56 Å². The van der Waals surface area contributed by atoms with Crippen molar-refractivity contribution in [3.63, 3.8) is 0 Å². The largest absolute Gasteiger partial charge is 0.344 e. The van der Waals surface area contributed by atoms with Gasteiger partial charge in [-0.25, -0.2) is 9.48 Å². The van der Waals surface area contributed by atoms with Crippen LogP contribution >= 0.6 is 11.3 Å². The van der Waals surface area contributed by atoms with Gasteiger partial charge in [0.05, 0.1) is 16.1 Å². The number of nitrogens with one attached hydrogen (secondary N) is 2. The van der Waals surface area contributed by atoms with Crippen LogP contribution in [0.1, 0.15) is 29.3 Å². The van der Waals surface area contributed by atoms with Crippen LogP contribution in [0.4, 0.5) is 4.79 Å². The Hall–Kier alpha value is -4.24. The molecule has 5 rings (SSSR count). The van der Waals surface area contributed by atoms with Gasteiger partial charge in [-0.15, -0.1) is 11.3 Å². The lowest BCUT2D eigenvalue weighted by molar-refractivity contribution is -0.133. The molecule has 2 aromatic heterocycles. The van der Waals surface area contributed by atoms with Crippen molar-refractivity contribution in [3.05, 3.63) is 95.5 Å². The highest BCUT2D eigenvalue weighted by molar-refractivity contribution is 7.13. The molecule has 8 nitrogen and oxygen atoms in total. The predicted octanol–water partition coefficient (Wildman–Crippen LogP) is 4.10. The molecule has 0 bridgehead atoms. The molecular weight excluding hydrogens is 450 g/mol. The quantitative estimate of drug-likeness (QED) is 0.414. The molecule has 1 atom stereocenters. The summed E-state index contributed by atoms with van der Waals surface area (Å²) in [5.41, 5.74) is 3.42. The van der Waals surface area contributed by atoms with E-state index < -0.39 is 23.4 Å². The van der Waals surface area contributed by atoms with Crippen molar-refractivity contribution in [3.8, 4) is 16.3 Å². The number of para-hydroxylation sites is 1. The van der Waals surface area contributed by atoms with E-state index in [1.165, 1.54) is 11.3 Å². The summed E-state index contributed by atoms with van der Waals surface area (Å²) in [4.78, 5) is 40.3. The number of carbonyl (C=O) groups excluding carboxylic acids is 3. The minimum absolute atomic E-state index is 0.251. The smallest absolute Gasteiger partial charge is 0.318 e. The van der Waals surface area contributed by atoms with Crippen LogP contribution in [0.25, 0.3) is 16.3 Å². The molecule has 1 saturated heterocycles. The van der Waals surface area contributed by atoms with E-state index in [9.17, 15) is 14.4 Å². The zero-order valence-corrected chi connectivity index (χ0v) is 19.1. The van der Waals surface area contributed by atoms with Crippen LogP contribution in [0.3, 0.4) is 0 Å². The van der Waals surface area contributed by atoms with Gasteiger partial charge >= 0.3 is 6.03 Å². The van der Waals surface area contributed by atoms with Gasteiger partial charge in [-0.3, -0.25) is 15.0 Å². The Labute approximate surface area is 199 Å². The number of amides is 4. The molecule has 0 spiro atoms. The first-order valence-electron chi connectivity index (χ1n) is 10.8. The number of hydrazine groups is 1. The van der Waals surface area contributed by atoms with Crippen LogP contribution in [0.5, 0.6) is 0 Å².